The minimum atomic E-state index is 0.644. The third-order valence-corrected chi connectivity index (χ3v) is 3.67. The smallest absolute Gasteiger partial charge is 0.170 e. The number of ether oxygens (including phenoxy) is 2. The SMILES string of the molecule is CCCCCCCCCCOc1c(/C=N\O)cccc1OC. The van der Waals surface area contributed by atoms with Crippen LogP contribution in [0.4, 0.5) is 0 Å². The summed E-state index contributed by atoms with van der Waals surface area (Å²) in [5.74, 6) is 1.31. The molecule has 0 unspecified atom stereocenters. The first-order valence-electron chi connectivity index (χ1n) is 8.30. The van der Waals surface area contributed by atoms with Crippen molar-refractivity contribution >= 4 is 6.21 Å². The molecule has 0 aliphatic carbocycles. The highest BCUT2D eigenvalue weighted by molar-refractivity contribution is 5.84. The molecule has 22 heavy (non-hydrogen) atoms. The van der Waals surface area contributed by atoms with Gasteiger partial charge in [-0.3, -0.25) is 0 Å². The van der Waals surface area contributed by atoms with Crippen LogP contribution in [-0.4, -0.2) is 25.1 Å². The van der Waals surface area contributed by atoms with Crippen molar-refractivity contribution in [2.75, 3.05) is 13.7 Å². The highest BCUT2D eigenvalue weighted by Crippen LogP contribution is 2.30. The van der Waals surface area contributed by atoms with Gasteiger partial charge in [0, 0.05) is 5.56 Å². The van der Waals surface area contributed by atoms with Crippen molar-refractivity contribution in [3.8, 4) is 11.5 Å². The molecule has 4 nitrogen and oxygen atoms in total. The van der Waals surface area contributed by atoms with Crippen LogP contribution in [0, 0.1) is 0 Å². The fourth-order valence-corrected chi connectivity index (χ4v) is 2.42. The molecule has 0 aliphatic heterocycles. The van der Waals surface area contributed by atoms with Crippen molar-refractivity contribution in [2.45, 2.75) is 58.3 Å². The molecule has 1 rings (SSSR count). The largest absolute Gasteiger partial charge is 0.493 e. The molecule has 124 valence electrons. The van der Waals surface area contributed by atoms with E-state index in [0.29, 0.717) is 18.1 Å². The first-order chi connectivity index (χ1) is 10.8. The molecule has 1 aromatic rings. The predicted octanol–water partition coefficient (Wildman–Crippen LogP) is 5.02. The Hall–Kier alpha value is -1.71. The number of hydrogen-bond donors (Lipinski definition) is 1. The average Bonchev–Trinajstić information content (AvgIpc) is 2.54. The summed E-state index contributed by atoms with van der Waals surface area (Å²) in [5.41, 5.74) is 0.724. The molecule has 0 bridgehead atoms. The molecule has 1 aromatic carbocycles. The Labute approximate surface area is 134 Å². The van der Waals surface area contributed by atoms with E-state index in [-0.39, 0.29) is 0 Å². The van der Waals surface area contributed by atoms with E-state index < -0.39 is 0 Å². The van der Waals surface area contributed by atoms with Crippen molar-refractivity contribution in [3.05, 3.63) is 23.8 Å². The summed E-state index contributed by atoms with van der Waals surface area (Å²) in [6, 6.07) is 5.53. The number of hydrogen-bond acceptors (Lipinski definition) is 4. The maximum atomic E-state index is 8.71. The summed E-state index contributed by atoms with van der Waals surface area (Å²) >= 11 is 0. The summed E-state index contributed by atoms with van der Waals surface area (Å²) in [6.07, 6.45) is 11.5. The van der Waals surface area contributed by atoms with E-state index in [1.54, 1.807) is 7.11 Å². The summed E-state index contributed by atoms with van der Waals surface area (Å²) in [7, 11) is 1.61. The lowest BCUT2D eigenvalue weighted by molar-refractivity contribution is 0.283. The van der Waals surface area contributed by atoms with Gasteiger partial charge >= 0.3 is 0 Å². The monoisotopic (exact) mass is 307 g/mol. The number of benzene rings is 1. The fourth-order valence-electron chi connectivity index (χ4n) is 2.42. The Bertz CT molecular complexity index is 432. The van der Waals surface area contributed by atoms with Gasteiger partial charge < -0.3 is 14.7 Å². The van der Waals surface area contributed by atoms with Crippen LogP contribution in [0.25, 0.3) is 0 Å². The molecule has 0 heterocycles. The zero-order valence-electron chi connectivity index (χ0n) is 13.9. The summed E-state index contributed by atoms with van der Waals surface area (Å²) in [4.78, 5) is 0. The maximum Gasteiger partial charge on any atom is 0.170 e. The topological polar surface area (TPSA) is 51.0 Å². The molecule has 0 aromatic heterocycles. The van der Waals surface area contributed by atoms with Crippen LogP contribution >= 0.6 is 0 Å². The van der Waals surface area contributed by atoms with Gasteiger partial charge in [0.05, 0.1) is 19.9 Å². The quantitative estimate of drug-likeness (QED) is 0.255. The van der Waals surface area contributed by atoms with Gasteiger partial charge in [-0.25, -0.2) is 0 Å². The molecule has 0 saturated heterocycles. The normalized spacial score (nSPS) is 11.0. The standard InChI is InChI=1S/C18H29NO3/c1-3-4-5-6-7-8-9-10-14-22-18-16(15-19-20)12-11-13-17(18)21-2/h11-13,15,20H,3-10,14H2,1-2H3/b19-15-. The highest BCUT2D eigenvalue weighted by Gasteiger charge is 2.09. The molecule has 0 saturated carbocycles. The molecule has 0 aliphatic rings. The van der Waals surface area contributed by atoms with Crippen molar-refractivity contribution in [1.29, 1.82) is 0 Å². The van der Waals surface area contributed by atoms with Crippen LogP contribution < -0.4 is 9.47 Å². The average molecular weight is 307 g/mol. The van der Waals surface area contributed by atoms with E-state index in [2.05, 4.69) is 12.1 Å². The Morgan fingerprint density at radius 2 is 1.73 bits per heavy atom. The number of methoxy groups -OCH3 is 1. The lowest BCUT2D eigenvalue weighted by atomic mass is 10.1. The molecule has 0 amide bonds. The Kier molecular flexibility index (Phi) is 9.92. The zero-order valence-corrected chi connectivity index (χ0v) is 13.9. The third kappa shape index (κ3) is 6.83. The van der Waals surface area contributed by atoms with Crippen LogP contribution in [0.1, 0.15) is 63.9 Å². The van der Waals surface area contributed by atoms with Gasteiger partial charge in [-0.1, -0.05) is 63.1 Å². The van der Waals surface area contributed by atoms with E-state index in [1.807, 2.05) is 18.2 Å². The van der Waals surface area contributed by atoms with Crippen LogP contribution in [0.3, 0.4) is 0 Å². The molecule has 0 fully saturated rings. The Morgan fingerprint density at radius 1 is 1.05 bits per heavy atom. The first-order valence-corrected chi connectivity index (χ1v) is 8.30. The van der Waals surface area contributed by atoms with Crippen LogP contribution in [0.15, 0.2) is 23.4 Å². The minimum Gasteiger partial charge on any atom is -0.493 e. The highest BCUT2D eigenvalue weighted by atomic mass is 16.5. The second kappa shape index (κ2) is 11.9. The number of unbranched alkanes of at least 4 members (excludes halogenated alkanes) is 7. The summed E-state index contributed by atoms with van der Waals surface area (Å²) in [5, 5.41) is 11.8. The van der Waals surface area contributed by atoms with Crippen molar-refractivity contribution in [2.24, 2.45) is 5.16 Å². The predicted molar refractivity (Wildman–Crippen MR) is 90.5 cm³/mol. The van der Waals surface area contributed by atoms with Crippen molar-refractivity contribution < 1.29 is 14.7 Å². The van der Waals surface area contributed by atoms with E-state index in [0.717, 1.165) is 12.0 Å². The van der Waals surface area contributed by atoms with Gasteiger partial charge in [0.2, 0.25) is 0 Å². The van der Waals surface area contributed by atoms with Crippen LogP contribution in [-0.2, 0) is 0 Å². The van der Waals surface area contributed by atoms with Crippen molar-refractivity contribution in [3.63, 3.8) is 0 Å². The lowest BCUT2D eigenvalue weighted by Crippen LogP contribution is -2.02. The van der Waals surface area contributed by atoms with Gasteiger partial charge in [-0.05, 0) is 18.6 Å². The van der Waals surface area contributed by atoms with E-state index in [9.17, 15) is 0 Å². The van der Waals surface area contributed by atoms with E-state index >= 15 is 0 Å². The summed E-state index contributed by atoms with van der Waals surface area (Å²) < 4.78 is 11.1. The number of rotatable bonds is 12. The van der Waals surface area contributed by atoms with Gasteiger partial charge in [0.15, 0.2) is 11.5 Å². The van der Waals surface area contributed by atoms with Gasteiger partial charge in [0.25, 0.3) is 0 Å². The second-order valence-corrected chi connectivity index (χ2v) is 5.45. The van der Waals surface area contributed by atoms with Crippen LogP contribution in [0.2, 0.25) is 0 Å². The van der Waals surface area contributed by atoms with E-state index in [4.69, 9.17) is 14.7 Å². The van der Waals surface area contributed by atoms with Crippen LogP contribution in [0.5, 0.6) is 11.5 Å². The minimum absolute atomic E-state index is 0.644. The summed E-state index contributed by atoms with van der Waals surface area (Å²) in [6.45, 7) is 2.90. The number of oxime groups is 1. The molecular formula is C18H29NO3. The van der Waals surface area contributed by atoms with Crippen molar-refractivity contribution in [1.82, 2.24) is 0 Å². The number of para-hydroxylation sites is 1. The van der Waals surface area contributed by atoms with E-state index in [1.165, 1.54) is 51.2 Å². The molecule has 0 spiro atoms. The molecular weight excluding hydrogens is 278 g/mol. The fraction of sp³-hybridized carbons (Fsp3) is 0.611. The molecule has 1 N–H and O–H groups in total. The third-order valence-electron chi connectivity index (χ3n) is 3.67. The lowest BCUT2D eigenvalue weighted by Gasteiger charge is -2.12. The molecule has 0 atom stereocenters. The molecule has 4 heteroatoms. The maximum absolute atomic E-state index is 8.71. The first kappa shape index (κ1) is 18.3. The van der Waals surface area contributed by atoms with Gasteiger partial charge in [-0.2, -0.15) is 0 Å². The zero-order chi connectivity index (χ0) is 16.0. The second-order valence-electron chi connectivity index (χ2n) is 5.45. The Balaban J connectivity index is 2.29. The molecule has 0 radical (unpaired) electrons. The number of nitrogens with zero attached hydrogens (tertiary/aromatic N) is 1. The van der Waals surface area contributed by atoms with Gasteiger partial charge in [-0.15, -0.1) is 0 Å². The Morgan fingerprint density at radius 3 is 2.36 bits per heavy atom. The van der Waals surface area contributed by atoms with Gasteiger partial charge in [0.1, 0.15) is 0 Å².